The Bertz CT molecular complexity index is 708. The Morgan fingerprint density at radius 2 is 1.83 bits per heavy atom. The molecule has 0 fully saturated rings. The second-order valence-electron chi connectivity index (χ2n) is 6.86. The van der Waals surface area contributed by atoms with Gasteiger partial charge >= 0.3 is 0 Å². The van der Waals surface area contributed by atoms with Crippen molar-refractivity contribution in [2.24, 2.45) is 0 Å². The molecule has 0 spiro atoms. The number of ether oxygens (including phenoxy) is 2. The number of hydrogen-bond acceptors (Lipinski definition) is 4. The molecule has 0 aliphatic carbocycles. The third-order valence-corrected chi connectivity index (χ3v) is 4.17. The molecule has 1 N–H and O–H groups in total. The molecule has 4 nitrogen and oxygen atoms in total. The molecule has 2 aromatic rings. The van der Waals surface area contributed by atoms with Gasteiger partial charge in [0.15, 0.2) is 11.6 Å². The molecule has 1 aromatic heterocycles. The van der Waals surface area contributed by atoms with Crippen molar-refractivity contribution >= 4 is 0 Å². The fraction of sp³-hybridized carbons (Fsp3) is 0.421. The molecule has 0 aliphatic rings. The number of aliphatic hydroxyl groups is 1. The summed E-state index contributed by atoms with van der Waals surface area (Å²) in [6.45, 7) is 9.00. The van der Waals surface area contributed by atoms with Crippen molar-refractivity contribution in [1.29, 1.82) is 0 Å². The zero-order valence-electron chi connectivity index (χ0n) is 14.8. The van der Waals surface area contributed by atoms with E-state index in [2.05, 4.69) is 4.98 Å². The molecule has 0 aliphatic heterocycles. The lowest BCUT2D eigenvalue weighted by atomic mass is 9.89. The number of benzene rings is 1. The standard InChI is InChI=1S/C19H24FNO3/c1-13-10-15(8-9-21-13)24-17-7-6-14(11-16(17)20)12-23-19(4,5)18(2,3)22/h6-11,22H,12H2,1-5H3. The van der Waals surface area contributed by atoms with E-state index < -0.39 is 17.0 Å². The van der Waals surface area contributed by atoms with Crippen LogP contribution >= 0.6 is 0 Å². The highest BCUT2D eigenvalue weighted by Crippen LogP contribution is 2.28. The van der Waals surface area contributed by atoms with Crippen molar-refractivity contribution in [3.8, 4) is 11.5 Å². The smallest absolute Gasteiger partial charge is 0.166 e. The van der Waals surface area contributed by atoms with Gasteiger partial charge in [-0.05, 0) is 58.4 Å². The maximum Gasteiger partial charge on any atom is 0.166 e. The molecule has 1 heterocycles. The SMILES string of the molecule is Cc1cc(Oc2ccc(COC(C)(C)C(C)(C)O)cc2F)ccn1. The van der Waals surface area contributed by atoms with E-state index in [0.29, 0.717) is 11.3 Å². The number of nitrogens with zero attached hydrogens (tertiary/aromatic N) is 1. The average Bonchev–Trinajstić information content (AvgIpc) is 2.47. The van der Waals surface area contributed by atoms with Crippen LogP contribution in [-0.2, 0) is 11.3 Å². The molecule has 0 bridgehead atoms. The summed E-state index contributed by atoms with van der Waals surface area (Å²) in [5.41, 5.74) is -0.295. The number of pyridine rings is 1. The monoisotopic (exact) mass is 333 g/mol. The van der Waals surface area contributed by atoms with Gasteiger partial charge in [0, 0.05) is 18.0 Å². The van der Waals surface area contributed by atoms with Gasteiger partial charge in [-0.15, -0.1) is 0 Å². The van der Waals surface area contributed by atoms with E-state index in [4.69, 9.17) is 9.47 Å². The van der Waals surface area contributed by atoms with Crippen molar-refractivity contribution in [3.05, 3.63) is 53.6 Å². The van der Waals surface area contributed by atoms with Gasteiger partial charge < -0.3 is 14.6 Å². The summed E-state index contributed by atoms with van der Waals surface area (Å²) in [4.78, 5) is 4.07. The Labute approximate surface area is 142 Å². The molecule has 0 saturated heterocycles. The van der Waals surface area contributed by atoms with Crippen LogP contribution in [0.15, 0.2) is 36.5 Å². The van der Waals surface area contributed by atoms with E-state index >= 15 is 0 Å². The minimum Gasteiger partial charge on any atom is -0.454 e. The summed E-state index contributed by atoms with van der Waals surface area (Å²) in [6.07, 6.45) is 1.61. The summed E-state index contributed by atoms with van der Waals surface area (Å²) in [6, 6.07) is 8.11. The number of aryl methyl sites for hydroxylation is 1. The number of aromatic nitrogens is 1. The third kappa shape index (κ3) is 4.52. The molecule has 0 atom stereocenters. The summed E-state index contributed by atoms with van der Waals surface area (Å²) < 4.78 is 25.5. The number of halogens is 1. The Morgan fingerprint density at radius 1 is 1.12 bits per heavy atom. The Hall–Kier alpha value is -1.98. The van der Waals surface area contributed by atoms with E-state index in [1.807, 2.05) is 6.92 Å². The van der Waals surface area contributed by atoms with Gasteiger partial charge in [0.1, 0.15) is 5.75 Å². The summed E-state index contributed by atoms with van der Waals surface area (Å²) in [5.74, 6) is 0.214. The van der Waals surface area contributed by atoms with Crippen molar-refractivity contribution in [2.75, 3.05) is 0 Å². The maximum atomic E-state index is 14.2. The fourth-order valence-corrected chi connectivity index (χ4v) is 1.87. The van der Waals surface area contributed by atoms with Crippen molar-refractivity contribution in [2.45, 2.75) is 52.4 Å². The van der Waals surface area contributed by atoms with Crippen LogP contribution in [-0.4, -0.2) is 21.3 Å². The summed E-state index contributed by atoms with van der Waals surface area (Å²) >= 11 is 0. The van der Waals surface area contributed by atoms with E-state index in [1.54, 1.807) is 58.2 Å². The molecule has 0 unspecified atom stereocenters. The first-order valence-corrected chi connectivity index (χ1v) is 7.84. The topological polar surface area (TPSA) is 51.6 Å². The zero-order chi connectivity index (χ0) is 18.0. The van der Waals surface area contributed by atoms with Gasteiger partial charge in [-0.25, -0.2) is 4.39 Å². The zero-order valence-corrected chi connectivity index (χ0v) is 14.8. The van der Waals surface area contributed by atoms with Crippen LogP contribution in [0.1, 0.15) is 39.0 Å². The molecule has 24 heavy (non-hydrogen) atoms. The number of hydrogen-bond donors (Lipinski definition) is 1. The lowest BCUT2D eigenvalue weighted by Crippen LogP contribution is -2.47. The molecule has 0 amide bonds. The normalized spacial score (nSPS) is 12.3. The second-order valence-corrected chi connectivity index (χ2v) is 6.86. The van der Waals surface area contributed by atoms with Crippen LogP contribution in [0.5, 0.6) is 11.5 Å². The minimum absolute atomic E-state index is 0.145. The van der Waals surface area contributed by atoms with Gasteiger partial charge in [-0.1, -0.05) is 6.07 Å². The van der Waals surface area contributed by atoms with E-state index in [0.717, 1.165) is 5.69 Å². The van der Waals surface area contributed by atoms with Crippen LogP contribution in [0.3, 0.4) is 0 Å². The first-order valence-electron chi connectivity index (χ1n) is 7.84. The Kier molecular flexibility index (Phi) is 5.26. The Morgan fingerprint density at radius 3 is 2.42 bits per heavy atom. The van der Waals surface area contributed by atoms with Gasteiger partial charge in [0.25, 0.3) is 0 Å². The molecule has 1 aromatic carbocycles. The molecule has 0 saturated carbocycles. The summed E-state index contributed by atoms with van der Waals surface area (Å²) in [5, 5.41) is 10.1. The average molecular weight is 333 g/mol. The van der Waals surface area contributed by atoms with Gasteiger partial charge in [-0.2, -0.15) is 0 Å². The molecular weight excluding hydrogens is 309 g/mol. The van der Waals surface area contributed by atoms with E-state index in [9.17, 15) is 9.50 Å². The second kappa shape index (κ2) is 6.87. The Balaban J connectivity index is 2.07. The van der Waals surface area contributed by atoms with Crippen LogP contribution in [0.2, 0.25) is 0 Å². The molecule has 130 valence electrons. The maximum absolute atomic E-state index is 14.2. The van der Waals surface area contributed by atoms with E-state index in [1.165, 1.54) is 6.07 Å². The predicted octanol–water partition coefficient (Wildman–Crippen LogP) is 4.39. The lowest BCUT2D eigenvalue weighted by Gasteiger charge is -2.37. The van der Waals surface area contributed by atoms with Crippen molar-refractivity contribution in [3.63, 3.8) is 0 Å². The van der Waals surface area contributed by atoms with Crippen molar-refractivity contribution < 1.29 is 19.0 Å². The first kappa shape index (κ1) is 18.4. The number of rotatable bonds is 6. The van der Waals surface area contributed by atoms with Crippen LogP contribution in [0.25, 0.3) is 0 Å². The predicted molar refractivity (Wildman–Crippen MR) is 90.6 cm³/mol. The highest BCUT2D eigenvalue weighted by Gasteiger charge is 2.36. The largest absolute Gasteiger partial charge is 0.454 e. The van der Waals surface area contributed by atoms with E-state index in [-0.39, 0.29) is 12.4 Å². The molecular formula is C19H24FNO3. The van der Waals surface area contributed by atoms with Crippen LogP contribution < -0.4 is 4.74 Å². The van der Waals surface area contributed by atoms with Gasteiger partial charge in [-0.3, -0.25) is 4.98 Å². The minimum atomic E-state index is -1.01. The van der Waals surface area contributed by atoms with Crippen LogP contribution in [0, 0.1) is 12.7 Å². The highest BCUT2D eigenvalue weighted by atomic mass is 19.1. The highest BCUT2D eigenvalue weighted by molar-refractivity contribution is 5.34. The van der Waals surface area contributed by atoms with Gasteiger partial charge in [0.2, 0.25) is 0 Å². The molecule has 5 heteroatoms. The quantitative estimate of drug-likeness (QED) is 0.852. The summed E-state index contributed by atoms with van der Waals surface area (Å²) in [7, 11) is 0. The fourth-order valence-electron chi connectivity index (χ4n) is 1.87. The molecule has 0 radical (unpaired) electrons. The first-order chi connectivity index (χ1) is 11.1. The molecule has 2 rings (SSSR count). The van der Waals surface area contributed by atoms with Gasteiger partial charge in [0.05, 0.1) is 17.8 Å². The van der Waals surface area contributed by atoms with Crippen molar-refractivity contribution in [1.82, 2.24) is 4.98 Å². The lowest BCUT2D eigenvalue weighted by molar-refractivity contribution is -0.153. The third-order valence-electron chi connectivity index (χ3n) is 4.17. The van der Waals surface area contributed by atoms with Crippen LogP contribution in [0.4, 0.5) is 4.39 Å².